The van der Waals surface area contributed by atoms with Crippen molar-refractivity contribution in [3.8, 4) is 0 Å². The number of hydrogen-bond acceptors (Lipinski definition) is 5. The molecule has 5 N–H and O–H groups in total. The lowest BCUT2D eigenvalue weighted by molar-refractivity contribution is 0.102. The van der Waals surface area contributed by atoms with Crippen LogP contribution in [0.5, 0.6) is 0 Å². The normalized spacial score (nSPS) is 10.2. The lowest BCUT2D eigenvalue weighted by Crippen LogP contribution is -2.34. The van der Waals surface area contributed by atoms with Crippen LogP contribution < -0.4 is 21.7 Å². The highest BCUT2D eigenvalue weighted by Crippen LogP contribution is 2.16. The zero-order valence-electron chi connectivity index (χ0n) is 12.8. The molecule has 8 heteroatoms. The molecule has 0 aliphatic rings. The Balaban J connectivity index is 2.07. The van der Waals surface area contributed by atoms with Crippen LogP contribution >= 0.6 is 0 Å². The van der Waals surface area contributed by atoms with Gasteiger partial charge in [0.1, 0.15) is 0 Å². The largest absolute Gasteiger partial charge is 0.382 e. The van der Waals surface area contributed by atoms with Crippen molar-refractivity contribution in [2.75, 3.05) is 16.4 Å². The molecule has 0 spiro atoms. The number of carbonyl (C=O) groups excluding carboxylic acids is 2. The summed E-state index contributed by atoms with van der Waals surface area (Å²) in [5.74, 6) is -0.421. The Labute approximate surface area is 133 Å². The van der Waals surface area contributed by atoms with E-state index in [0.29, 0.717) is 11.4 Å². The third-order valence-electron chi connectivity index (χ3n) is 2.74. The van der Waals surface area contributed by atoms with Crippen molar-refractivity contribution in [1.29, 1.82) is 0 Å². The van der Waals surface area contributed by atoms with Gasteiger partial charge in [-0.2, -0.15) is 0 Å². The van der Waals surface area contributed by atoms with Gasteiger partial charge in [0.15, 0.2) is 11.5 Å². The monoisotopic (exact) mass is 314 g/mol. The topological polar surface area (TPSA) is 122 Å². The molecule has 2 aromatic rings. The zero-order chi connectivity index (χ0) is 16.8. The molecule has 23 heavy (non-hydrogen) atoms. The number of aromatic nitrogens is 2. The van der Waals surface area contributed by atoms with Gasteiger partial charge >= 0.3 is 6.03 Å². The van der Waals surface area contributed by atoms with Gasteiger partial charge in [0, 0.05) is 29.8 Å². The Morgan fingerprint density at radius 2 is 1.74 bits per heavy atom. The molecular weight excluding hydrogens is 296 g/mol. The Hall–Kier alpha value is -3.16. The van der Waals surface area contributed by atoms with Crippen molar-refractivity contribution in [1.82, 2.24) is 15.3 Å². The lowest BCUT2D eigenvalue weighted by atomic mass is 10.2. The molecule has 2 rings (SSSR count). The fourth-order valence-corrected chi connectivity index (χ4v) is 1.82. The first-order chi connectivity index (χ1) is 11.0. The average Bonchev–Trinajstić information content (AvgIpc) is 2.47. The second-order valence-electron chi connectivity index (χ2n) is 5.08. The SMILES string of the molecule is CC(C)NC(=O)Nc1cccc(NC(=O)c2nccnc2N)c1. The van der Waals surface area contributed by atoms with Crippen LogP contribution in [0, 0.1) is 0 Å². The molecule has 0 aliphatic heterocycles. The number of carbonyl (C=O) groups is 2. The Morgan fingerprint density at radius 1 is 1.09 bits per heavy atom. The molecule has 1 heterocycles. The molecule has 0 radical (unpaired) electrons. The van der Waals surface area contributed by atoms with Crippen molar-refractivity contribution in [3.05, 3.63) is 42.4 Å². The van der Waals surface area contributed by atoms with E-state index in [4.69, 9.17) is 5.73 Å². The smallest absolute Gasteiger partial charge is 0.319 e. The molecule has 120 valence electrons. The summed E-state index contributed by atoms with van der Waals surface area (Å²) >= 11 is 0. The summed E-state index contributed by atoms with van der Waals surface area (Å²) in [4.78, 5) is 31.5. The fourth-order valence-electron chi connectivity index (χ4n) is 1.82. The highest BCUT2D eigenvalue weighted by Gasteiger charge is 2.12. The first-order valence-corrected chi connectivity index (χ1v) is 7.01. The van der Waals surface area contributed by atoms with E-state index in [-0.39, 0.29) is 23.6 Å². The van der Waals surface area contributed by atoms with Gasteiger partial charge in [-0.3, -0.25) is 4.79 Å². The van der Waals surface area contributed by atoms with Crippen molar-refractivity contribution in [2.24, 2.45) is 0 Å². The van der Waals surface area contributed by atoms with Crippen molar-refractivity contribution in [3.63, 3.8) is 0 Å². The standard InChI is InChI=1S/C15H18N6O2/c1-9(2)19-15(23)21-11-5-3-4-10(8-11)20-14(22)12-13(16)18-7-6-17-12/h3-9H,1-2H3,(H2,16,18)(H,20,22)(H2,19,21,23). The quantitative estimate of drug-likeness (QED) is 0.686. The van der Waals surface area contributed by atoms with E-state index in [9.17, 15) is 9.59 Å². The van der Waals surface area contributed by atoms with E-state index >= 15 is 0 Å². The first-order valence-electron chi connectivity index (χ1n) is 7.01. The van der Waals surface area contributed by atoms with Gasteiger partial charge < -0.3 is 21.7 Å². The minimum atomic E-state index is -0.473. The van der Waals surface area contributed by atoms with Gasteiger partial charge in [0.25, 0.3) is 5.91 Å². The third-order valence-corrected chi connectivity index (χ3v) is 2.74. The van der Waals surface area contributed by atoms with Gasteiger partial charge in [-0.05, 0) is 32.0 Å². The van der Waals surface area contributed by atoms with E-state index in [1.54, 1.807) is 24.3 Å². The van der Waals surface area contributed by atoms with E-state index in [2.05, 4.69) is 25.9 Å². The predicted octanol–water partition coefficient (Wildman–Crippen LogP) is 1.84. The third kappa shape index (κ3) is 4.67. The molecule has 0 saturated carbocycles. The minimum absolute atomic E-state index is 0.0255. The molecule has 0 bridgehead atoms. The number of nitrogens with zero attached hydrogens (tertiary/aromatic N) is 2. The van der Waals surface area contributed by atoms with Crippen LogP contribution in [0.15, 0.2) is 36.7 Å². The lowest BCUT2D eigenvalue weighted by Gasteiger charge is -2.11. The van der Waals surface area contributed by atoms with E-state index in [1.807, 2.05) is 13.8 Å². The number of benzene rings is 1. The van der Waals surface area contributed by atoms with Crippen molar-refractivity contribution in [2.45, 2.75) is 19.9 Å². The molecule has 0 saturated heterocycles. The van der Waals surface area contributed by atoms with Gasteiger partial charge in [-0.1, -0.05) is 6.07 Å². The maximum Gasteiger partial charge on any atom is 0.319 e. The van der Waals surface area contributed by atoms with Crippen LogP contribution in [0.25, 0.3) is 0 Å². The zero-order valence-corrected chi connectivity index (χ0v) is 12.8. The van der Waals surface area contributed by atoms with Crippen LogP contribution in [0.2, 0.25) is 0 Å². The van der Waals surface area contributed by atoms with Gasteiger partial charge in [0.2, 0.25) is 0 Å². The fraction of sp³-hybridized carbons (Fsp3) is 0.200. The second-order valence-corrected chi connectivity index (χ2v) is 5.08. The molecule has 0 aliphatic carbocycles. The molecule has 1 aromatic heterocycles. The number of nitrogens with one attached hydrogen (secondary N) is 3. The van der Waals surface area contributed by atoms with Gasteiger partial charge in [0.05, 0.1) is 0 Å². The van der Waals surface area contributed by atoms with Crippen LogP contribution in [-0.4, -0.2) is 27.9 Å². The molecule has 0 fully saturated rings. The van der Waals surface area contributed by atoms with Crippen molar-refractivity contribution >= 4 is 29.1 Å². The Bertz CT molecular complexity index is 717. The molecule has 0 atom stereocenters. The summed E-state index contributed by atoms with van der Waals surface area (Å²) in [5.41, 5.74) is 6.71. The maximum atomic E-state index is 12.1. The number of anilines is 3. The maximum absolute atomic E-state index is 12.1. The number of urea groups is 1. The van der Waals surface area contributed by atoms with E-state index in [1.165, 1.54) is 12.4 Å². The Kier molecular flexibility index (Phi) is 5.08. The van der Waals surface area contributed by atoms with Gasteiger partial charge in [-0.15, -0.1) is 0 Å². The summed E-state index contributed by atoms with van der Waals surface area (Å²) in [5, 5.41) is 8.06. The summed E-state index contributed by atoms with van der Waals surface area (Å²) < 4.78 is 0. The first kappa shape index (κ1) is 16.2. The predicted molar refractivity (Wildman–Crippen MR) is 88.1 cm³/mol. The van der Waals surface area contributed by atoms with Crippen LogP contribution in [0.1, 0.15) is 24.3 Å². The van der Waals surface area contributed by atoms with Crippen molar-refractivity contribution < 1.29 is 9.59 Å². The number of hydrogen-bond donors (Lipinski definition) is 4. The van der Waals surface area contributed by atoms with E-state index in [0.717, 1.165) is 0 Å². The van der Waals surface area contributed by atoms with Crippen LogP contribution in [0.3, 0.4) is 0 Å². The van der Waals surface area contributed by atoms with E-state index < -0.39 is 5.91 Å². The summed E-state index contributed by atoms with van der Waals surface area (Å²) in [6.07, 6.45) is 2.80. The molecular formula is C15H18N6O2. The number of rotatable bonds is 4. The van der Waals surface area contributed by atoms with Crippen LogP contribution in [0.4, 0.5) is 22.0 Å². The number of amides is 3. The minimum Gasteiger partial charge on any atom is -0.382 e. The summed E-state index contributed by atoms with van der Waals surface area (Å²) in [6, 6.07) is 6.45. The highest BCUT2D eigenvalue weighted by atomic mass is 16.2. The van der Waals surface area contributed by atoms with Crippen LogP contribution in [-0.2, 0) is 0 Å². The molecule has 0 unspecified atom stereocenters. The number of nitrogens with two attached hydrogens (primary N) is 1. The molecule has 1 aromatic carbocycles. The highest BCUT2D eigenvalue weighted by molar-refractivity contribution is 6.06. The Morgan fingerprint density at radius 3 is 2.39 bits per heavy atom. The van der Waals surface area contributed by atoms with Gasteiger partial charge in [-0.25, -0.2) is 14.8 Å². The number of nitrogen functional groups attached to an aromatic ring is 1. The molecule has 8 nitrogen and oxygen atoms in total. The summed E-state index contributed by atoms with van der Waals surface area (Å²) in [6.45, 7) is 3.73. The second kappa shape index (κ2) is 7.21. The summed E-state index contributed by atoms with van der Waals surface area (Å²) in [7, 11) is 0. The average molecular weight is 314 g/mol. The molecule has 3 amide bonds.